The van der Waals surface area contributed by atoms with Crippen molar-refractivity contribution in [3.63, 3.8) is 0 Å². The van der Waals surface area contributed by atoms with Gasteiger partial charge in [0, 0.05) is 30.9 Å². The largest absolute Gasteiger partial charge is 0.356 e. The highest BCUT2D eigenvalue weighted by atomic mass is 32.1. The van der Waals surface area contributed by atoms with Gasteiger partial charge in [0.15, 0.2) is 0 Å². The highest BCUT2D eigenvalue weighted by molar-refractivity contribution is 7.13. The van der Waals surface area contributed by atoms with Crippen LogP contribution < -0.4 is 5.32 Å². The number of amides is 2. The monoisotopic (exact) mass is 384 g/mol. The molecule has 1 atom stereocenters. The number of nitrogens with one attached hydrogen (secondary N) is 1. The van der Waals surface area contributed by atoms with E-state index in [0.29, 0.717) is 25.9 Å². The Bertz CT molecular complexity index is 770. The molecule has 1 aromatic heterocycles. The normalized spacial score (nSPS) is 19.7. The Morgan fingerprint density at radius 3 is 2.59 bits per heavy atom. The summed E-state index contributed by atoms with van der Waals surface area (Å²) in [4.78, 5) is 28.4. The van der Waals surface area contributed by atoms with Gasteiger partial charge in [-0.1, -0.05) is 37.3 Å². The van der Waals surface area contributed by atoms with Crippen molar-refractivity contribution in [1.29, 1.82) is 0 Å². The van der Waals surface area contributed by atoms with Crippen molar-refractivity contribution in [2.45, 2.75) is 39.5 Å². The Labute approximate surface area is 165 Å². The third kappa shape index (κ3) is 4.41. The van der Waals surface area contributed by atoms with Crippen molar-refractivity contribution in [3.05, 3.63) is 47.3 Å². The number of hydrogen-bond acceptors (Lipinski definition) is 3. The fourth-order valence-corrected chi connectivity index (χ4v) is 4.68. The summed E-state index contributed by atoms with van der Waals surface area (Å²) in [6, 6.07) is 12.7. The summed E-state index contributed by atoms with van der Waals surface area (Å²) in [6.07, 6.45) is 2.84. The summed E-state index contributed by atoms with van der Waals surface area (Å²) in [5, 5.41) is 5.09. The molecule has 5 heteroatoms. The highest BCUT2D eigenvalue weighted by Gasteiger charge is 2.43. The Kier molecular flexibility index (Phi) is 6.32. The van der Waals surface area contributed by atoms with E-state index in [-0.39, 0.29) is 11.8 Å². The number of carbonyl (C=O) groups is 2. The molecule has 0 radical (unpaired) electrons. The second-order valence-corrected chi connectivity index (χ2v) is 8.21. The first-order valence-electron chi connectivity index (χ1n) is 9.77. The van der Waals surface area contributed by atoms with Crippen LogP contribution in [0.2, 0.25) is 0 Å². The molecule has 1 fully saturated rings. The first-order chi connectivity index (χ1) is 13.1. The first-order valence-corrected chi connectivity index (χ1v) is 10.6. The Morgan fingerprint density at radius 2 is 1.96 bits per heavy atom. The molecule has 1 aliphatic rings. The van der Waals surface area contributed by atoms with Gasteiger partial charge < -0.3 is 10.2 Å². The van der Waals surface area contributed by atoms with E-state index in [4.69, 9.17) is 0 Å². The highest BCUT2D eigenvalue weighted by Crippen LogP contribution is 2.35. The molecule has 4 nitrogen and oxygen atoms in total. The average Bonchev–Trinajstić information content (AvgIpc) is 3.23. The fraction of sp³-hybridized carbons (Fsp3) is 0.455. The van der Waals surface area contributed by atoms with Crippen LogP contribution in [0, 0.1) is 5.41 Å². The van der Waals surface area contributed by atoms with Gasteiger partial charge in [-0.05, 0) is 48.8 Å². The number of likely N-dealkylation sites (tertiary alicyclic amines) is 1. The Balaban J connectivity index is 1.83. The van der Waals surface area contributed by atoms with Gasteiger partial charge in [0.25, 0.3) is 0 Å². The molecular weight excluding hydrogens is 356 g/mol. The summed E-state index contributed by atoms with van der Waals surface area (Å²) in [6.45, 7) is 5.70. The van der Waals surface area contributed by atoms with Crippen LogP contribution in [0.25, 0.3) is 10.4 Å². The third-order valence-corrected chi connectivity index (χ3v) is 6.27. The van der Waals surface area contributed by atoms with Crippen LogP contribution >= 0.6 is 11.3 Å². The van der Waals surface area contributed by atoms with E-state index in [1.807, 2.05) is 18.7 Å². The standard InChI is InChI=1S/C22H28N2O2S/c1-3-20(25)24-13-6-12-22(16-24,21(26)23-4-2)15-17-8-10-18(11-9-17)19-7-5-14-27-19/h5,7-11,14H,3-4,6,12-13,15-16H2,1-2H3,(H,23,26)/t22-/m0/s1. The van der Waals surface area contributed by atoms with E-state index in [1.165, 1.54) is 10.4 Å². The molecule has 27 heavy (non-hydrogen) atoms. The second kappa shape index (κ2) is 8.70. The molecule has 144 valence electrons. The zero-order chi connectivity index (χ0) is 19.3. The maximum absolute atomic E-state index is 13.0. The van der Waals surface area contributed by atoms with Crippen LogP contribution in [-0.2, 0) is 16.0 Å². The lowest BCUT2D eigenvalue weighted by Gasteiger charge is -2.42. The van der Waals surface area contributed by atoms with Gasteiger partial charge in [0.1, 0.15) is 0 Å². The minimum Gasteiger partial charge on any atom is -0.356 e. The van der Waals surface area contributed by atoms with Gasteiger partial charge in [-0.2, -0.15) is 0 Å². The van der Waals surface area contributed by atoms with Gasteiger partial charge in [-0.15, -0.1) is 11.3 Å². The number of nitrogens with zero attached hydrogens (tertiary/aromatic N) is 1. The van der Waals surface area contributed by atoms with Crippen molar-refractivity contribution in [2.24, 2.45) is 5.41 Å². The molecule has 3 rings (SSSR count). The van der Waals surface area contributed by atoms with Crippen LogP contribution in [-0.4, -0.2) is 36.3 Å². The predicted octanol–water partition coefficient (Wildman–Crippen LogP) is 4.11. The van der Waals surface area contributed by atoms with Crippen molar-refractivity contribution in [1.82, 2.24) is 10.2 Å². The molecule has 0 bridgehead atoms. The summed E-state index contributed by atoms with van der Waals surface area (Å²) >= 11 is 1.73. The van der Waals surface area contributed by atoms with Crippen molar-refractivity contribution >= 4 is 23.2 Å². The zero-order valence-electron chi connectivity index (χ0n) is 16.2. The summed E-state index contributed by atoms with van der Waals surface area (Å²) < 4.78 is 0. The predicted molar refractivity (Wildman–Crippen MR) is 111 cm³/mol. The van der Waals surface area contributed by atoms with E-state index >= 15 is 0 Å². The maximum atomic E-state index is 13.0. The van der Waals surface area contributed by atoms with Crippen LogP contribution in [0.1, 0.15) is 38.7 Å². The molecule has 1 aromatic carbocycles. The Morgan fingerprint density at radius 1 is 1.19 bits per heavy atom. The molecule has 1 N–H and O–H groups in total. The van der Waals surface area contributed by atoms with Gasteiger partial charge >= 0.3 is 0 Å². The van der Waals surface area contributed by atoms with Crippen molar-refractivity contribution in [2.75, 3.05) is 19.6 Å². The van der Waals surface area contributed by atoms with E-state index in [9.17, 15) is 9.59 Å². The maximum Gasteiger partial charge on any atom is 0.228 e. The third-order valence-electron chi connectivity index (χ3n) is 5.35. The average molecular weight is 385 g/mol. The fourth-order valence-electron chi connectivity index (χ4n) is 3.95. The lowest BCUT2D eigenvalue weighted by Crippen LogP contribution is -2.54. The molecule has 1 saturated heterocycles. The molecule has 1 aliphatic heterocycles. The quantitative estimate of drug-likeness (QED) is 0.815. The first kappa shape index (κ1) is 19.6. The number of piperidine rings is 1. The summed E-state index contributed by atoms with van der Waals surface area (Å²) in [7, 11) is 0. The molecule has 2 heterocycles. The van der Waals surface area contributed by atoms with Crippen LogP contribution in [0.15, 0.2) is 41.8 Å². The molecule has 0 saturated carbocycles. The number of thiophene rings is 1. The Hall–Kier alpha value is -2.14. The van der Waals surface area contributed by atoms with Gasteiger partial charge in [-0.25, -0.2) is 0 Å². The lowest BCUT2D eigenvalue weighted by atomic mass is 9.74. The van der Waals surface area contributed by atoms with Crippen LogP contribution in [0.4, 0.5) is 0 Å². The van der Waals surface area contributed by atoms with E-state index in [0.717, 1.165) is 24.9 Å². The lowest BCUT2D eigenvalue weighted by molar-refractivity contribution is -0.141. The van der Waals surface area contributed by atoms with Crippen LogP contribution in [0.3, 0.4) is 0 Å². The van der Waals surface area contributed by atoms with E-state index in [1.54, 1.807) is 11.3 Å². The summed E-state index contributed by atoms with van der Waals surface area (Å²) in [5.74, 6) is 0.206. The van der Waals surface area contributed by atoms with Gasteiger partial charge in [-0.3, -0.25) is 9.59 Å². The van der Waals surface area contributed by atoms with Gasteiger partial charge in [0.2, 0.25) is 11.8 Å². The minimum absolute atomic E-state index is 0.0703. The van der Waals surface area contributed by atoms with Crippen LogP contribution in [0.5, 0.6) is 0 Å². The second-order valence-electron chi connectivity index (χ2n) is 7.26. The molecular formula is C22H28N2O2S. The molecule has 2 amide bonds. The van der Waals surface area contributed by atoms with E-state index in [2.05, 4.69) is 47.1 Å². The molecule has 0 unspecified atom stereocenters. The van der Waals surface area contributed by atoms with Crippen molar-refractivity contribution in [3.8, 4) is 10.4 Å². The van der Waals surface area contributed by atoms with Gasteiger partial charge in [0.05, 0.1) is 5.41 Å². The number of hydrogen-bond donors (Lipinski definition) is 1. The number of rotatable bonds is 6. The van der Waals surface area contributed by atoms with E-state index < -0.39 is 5.41 Å². The smallest absolute Gasteiger partial charge is 0.228 e. The molecule has 0 spiro atoms. The zero-order valence-corrected chi connectivity index (χ0v) is 17.0. The topological polar surface area (TPSA) is 49.4 Å². The SMILES string of the molecule is CCNC(=O)[C@]1(Cc2ccc(-c3cccs3)cc2)CCCN(C(=O)CC)C1. The number of carbonyl (C=O) groups excluding carboxylic acids is 2. The molecule has 2 aromatic rings. The summed E-state index contributed by atoms with van der Waals surface area (Å²) in [5.41, 5.74) is 1.81. The number of benzene rings is 1. The minimum atomic E-state index is -0.538. The van der Waals surface area contributed by atoms with Crippen molar-refractivity contribution < 1.29 is 9.59 Å². The molecule has 0 aliphatic carbocycles.